The van der Waals surface area contributed by atoms with E-state index in [1.807, 2.05) is 0 Å². The third kappa shape index (κ3) is 4.16. The molecule has 1 heterocycles. The topological polar surface area (TPSA) is 87.5 Å². The summed E-state index contributed by atoms with van der Waals surface area (Å²) in [7, 11) is 1.68. The highest BCUT2D eigenvalue weighted by molar-refractivity contribution is 5.82. The molecule has 1 atom stereocenters. The van der Waals surface area contributed by atoms with Crippen LogP contribution in [-0.4, -0.2) is 43.6 Å². The first-order valence-corrected chi connectivity index (χ1v) is 7.02. The second-order valence-corrected chi connectivity index (χ2v) is 5.21. The first kappa shape index (κ1) is 15.2. The Morgan fingerprint density at radius 3 is 2.95 bits per heavy atom. The number of carbonyl (C=O) groups excluding carboxylic acids is 1. The molecular formula is C14H20N4O3. The van der Waals surface area contributed by atoms with Crippen LogP contribution in [0.4, 0.5) is 11.4 Å². The zero-order valence-electron chi connectivity index (χ0n) is 12.0. The number of nitro benzene ring substituents is 1. The highest BCUT2D eigenvalue weighted by atomic mass is 16.6. The van der Waals surface area contributed by atoms with Gasteiger partial charge in [0.15, 0.2) is 0 Å². The molecule has 1 aliphatic heterocycles. The summed E-state index contributed by atoms with van der Waals surface area (Å²) in [6.45, 7) is 1.87. The van der Waals surface area contributed by atoms with Gasteiger partial charge in [-0.15, -0.1) is 0 Å². The smallest absolute Gasteiger partial charge is 0.292 e. The van der Waals surface area contributed by atoms with Crippen LogP contribution in [0, 0.1) is 10.1 Å². The standard InChI is InChI=1S/C14H20N4O3/c1-17(12-6-2-3-7-13(12)18(20)21)10-14(19)16-11-5-4-8-15-9-11/h2-3,6-7,11,15H,4-5,8-10H2,1H3,(H,16,19). The average molecular weight is 292 g/mol. The Bertz CT molecular complexity index is 515. The normalized spacial score (nSPS) is 18.0. The van der Waals surface area contributed by atoms with Crippen molar-refractivity contribution in [3.05, 3.63) is 34.4 Å². The van der Waals surface area contributed by atoms with Gasteiger partial charge in [0.05, 0.1) is 11.5 Å². The van der Waals surface area contributed by atoms with E-state index in [0.29, 0.717) is 5.69 Å². The Labute approximate surface area is 123 Å². The highest BCUT2D eigenvalue weighted by Crippen LogP contribution is 2.26. The van der Waals surface area contributed by atoms with Crippen molar-refractivity contribution >= 4 is 17.3 Å². The summed E-state index contributed by atoms with van der Waals surface area (Å²) < 4.78 is 0. The van der Waals surface area contributed by atoms with Gasteiger partial charge in [-0.3, -0.25) is 14.9 Å². The van der Waals surface area contributed by atoms with Gasteiger partial charge in [-0.05, 0) is 25.5 Å². The maximum Gasteiger partial charge on any atom is 0.292 e. The zero-order chi connectivity index (χ0) is 15.2. The first-order chi connectivity index (χ1) is 10.1. The van der Waals surface area contributed by atoms with Gasteiger partial charge < -0.3 is 15.5 Å². The van der Waals surface area contributed by atoms with E-state index in [2.05, 4.69) is 10.6 Å². The van der Waals surface area contributed by atoms with Gasteiger partial charge in [0, 0.05) is 25.7 Å². The van der Waals surface area contributed by atoms with Crippen molar-refractivity contribution < 1.29 is 9.72 Å². The van der Waals surface area contributed by atoms with Crippen molar-refractivity contribution in [1.82, 2.24) is 10.6 Å². The van der Waals surface area contributed by atoms with Crippen molar-refractivity contribution in [2.75, 3.05) is 31.6 Å². The molecule has 1 fully saturated rings. The van der Waals surface area contributed by atoms with E-state index in [4.69, 9.17) is 0 Å². The third-order valence-electron chi connectivity index (χ3n) is 3.53. The number of likely N-dealkylation sites (N-methyl/N-ethyl adjacent to an activating group) is 1. The number of piperidine rings is 1. The molecule has 1 saturated heterocycles. The summed E-state index contributed by atoms with van der Waals surface area (Å²) in [5.41, 5.74) is 0.451. The molecular weight excluding hydrogens is 272 g/mol. The molecule has 0 saturated carbocycles. The van der Waals surface area contributed by atoms with Gasteiger partial charge in [-0.25, -0.2) is 0 Å². The van der Waals surface area contributed by atoms with Crippen molar-refractivity contribution in [1.29, 1.82) is 0 Å². The SMILES string of the molecule is CN(CC(=O)NC1CCCNC1)c1ccccc1[N+](=O)[O-]. The molecule has 1 unspecified atom stereocenters. The summed E-state index contributed by atoms with van der Waals surface area (Å²) in [5, 5.41) is 17.2. The monoisotopic (exact) mass is 292 g/mol. The van der Waals surface area contributed by atoms with Gasteiger partial charge in [-0.2, -0.15) is 0 Å². The number of nitrogens with zero attached hydrogens (tertiary/aromatic N) is 2. The molecule has 2 rings (SSSR count). The summed E-state index contributed by atoms with van der Waals surface area (Å²) in [6.07, 6.45) is 2.01. The molecule has 21 heavy (non-hydrogen) atoms. The van der Waals surface area contributed by atoms with Crippen molar-refractivity contribution in [3.8, 4) is 0 Å². The number of nitro groups is 1. The molecule has 0 spiro atoms. The molecule has 0 aliphatic carbocycles. The highest BCUT2D eigenvalue weighted by Gasteiger charge is 2.20. The van der Waals surface area contributed by atoms with Crippen LogP contribution >= 0.6 is 0 Å². The molecule has 1 amide bonds. The van der Waals surface area contributed by atoms with Gasteiger partial charge >= 0.3 is 0 Å². The number of anilines is 1. The molecule has 7 nitrogen and oxygen atoms in total. The Hall–Kier alpha value is -2.15. The number of nitrogens with one attached hydrogen (secondary N) is 2. The van der Waals surface area contributed by atoms with Crippen LogP contribution in [0.25, 0.3) is 0 Å². The van der Waals surface area contributed by atoms with E-state index in [9.17, 15) is 14.9 Å². The average Bonchev–Trinajstić information content (AvgIpc) is 2.48. The van der Waals surface area contributed by atoms with Gasteiger partial charge in [-0.1, -0.05) is 12.1 Å². The van der Waals surface area contributed by atoms with E-state index in [-0.39, 0.29) is 24.2 Å². The van der Waals surface area contributed by atoms with E-state index >= 15 is 0 Å². The lowest BCUT2D eigenvalue weighted by atomic mass is 10.1. The summed E-state index contributed by atoms with van der Waals surface area (Å²) in [4.78, 5) is 24.2. The predicted molar refractivity (Wildman–Crippen MR) is 80.4 cm³/mol. The molecule has 0 bridgehead atoms. The molecule has 0 radical (unpaired) electrons. The Morgan fingerprint density at radius 1 is 1.52 bits per heavy atom. The van der Waals surface area contributed by atoms with Crippen molar-refractivity contribution in [3.63, 3.8) is 0 Å². The predicted octanol–water partition coefficient (Wildman–Crippen LogP) is 0.899. The number of rotatable bonds is 5. The largest absolute Gasteiger partial charge is 0.360 e. The lowest BCUT2D eigenvalue weighted by molar-refractivity contribution is -0.384. The minimum absolute atomic E-state index is 0.00660. The molecule has 7 heteroatoms. The molecule has 2 N–H and O–H groups in total. The molecule has 0 aromatic heterocycles. The molecule has 114 valence electrons. The van der Waals surface area contributed by atoms with Gasteiger partial charge in [0.1, 0.15) is 5.69 Å². The minimum atomic E-state index is -0.436. The van der Waals surface area contributed by atoms with Crippen LogP contribution in [0.3, 0.4) is 0 Å². The summed E-state index contributed by atoms with van der Waals surface area (Å²) >= 11 is 0. The maximum absolute atomic E-state index is 12.0. The second-order valence-electron chi connectivity index (χ2n) is 5.21. The first-order valence-electron chi connectivity index (χ1n) is 7.02. The molecule has 1 aromatic carbocycles. The minimum Gasteiger partial charge on any atom is -0.360 e. The zero-order valence-corrected chi connectivity index (χ0v) is 12.0. The van der Waals surface area contributed by atoms with E-state index < -0.39 is 4.92 Å². The quantitative estimate of drug-likeness (QED) is 0.622. The number of benzene rings is 1. The lowest BCUT2D eigenvalue weighted by Gasteiger charge is -2.25. The van der Waals surface area contributed by atoms with Gasteiger partial charge in [0.25, 0.3) is 5.69 Å². The van der Waals surface area contributed by atoms with E-state index in [1.54, 1.807) is 30.1 Å². The number of amides is 1. The van der Waals surface area contributed by atoms with Crippen LogP contribution in [0.5, 0.6) is 0 Å². The number of hydrogen-bond acceptors (Lipinski definition) is 5. The summed E-state index contributed by atoms with van der Waals surface area (Å²) in [5.74, 6) is -0.121. The third-order valence-corrected chi connectivity index (χ3v) is 3.53. The van der Waals surface area contributed by atoms with E-state index in [0.717, 1.165) is 25.9 Å². The van der Waals surface area contributed by atoms with Crippen LogP contribution in [0.2, 0.25) is 0 Å². The van der Waals surface area contributed by atoms with Crippen molar-refractivity contribution in [2.45, 2.75) is 18.9 Å². The fourth-order valence-electron chi connectivity index (χ4n) is 2.49. The molecule has 1 aromatic rings. The summed E-state index contributed by atoms with van der Waals surface area (Å²) in [6, 6.07) is 6.57. The number of hydrogen-bond donors (Lipinski definition) is 2. The number of para-hydroxylation sites is 2. The maximum atomic E-state index is 12.0. The second kappa shape index (κ2) is 7.03. The Kier molecular flexibility index (Phi) is 5.10. The Morgan fingerprint density at radius 2 is 2.29 bits per heavy atom. The fraction of sp³-hybridized carbons (Fsp3) is 0.500. The van der Waals surface area contributed by atoms with Gasteiger partial charge in [0.2, 0.25) is 5.91 Å². The van der Waals surface area contributed by atoms with Crippen molar-refractivity contribution in [2.24, 2.45) is 0 Å². The van der Waals surface area contributed by atoms with Crippen LogP contribution < -0.4 is 15.5 Å². The van der Waals surface area contributed by atoms with Crippen LogP contribution in [0.1, 0.15) is 12.8 Å². The van der Waals surface area contributed by atoms with Crippen LogP contribution in [0.15, 0.2) is 24.3 Å². The van der Waals surface area contributed by atoms with E-state index in [1.165, 1.54) is 6.07 Å². The van der Waals surface area contributed by atoms with Crippen LogP contribution in [-0.2, 0) is 4.79 Å². The molecule has 1 aliphatic rings. The number of carbonyl (C=O) groups is 1. The fourth-order valence-corrected chi connectivity index (χ4v) is 2.49. The Balaban J connectivity index is 1.95. The lowest BCUT2D eigenvalue weighted by Crippen LogP contribution is -2.48.